The van der Waals surface area contributed by atoms with Crippen LogP contribution in [0, 0.1) is 0 Å². The standard InChI is InChI=1S/C10H15N3O2/c1-7-6-8(2-5-15-7)13-9-10(14)12-4-3-11-9/h3-4,7-8H,2,5-6H2,1H3,(H,11,13)(H,12,14). The van der Waals surface area contributed by atoms with Crippen molar-refractivity contribution >= 4 is 5.82 Å². The zero-order valence-electron chi connectivity index (χ0n) is 8.69. The molecule has 0 amide bonds. The van der Waals surface area contributed by atoms with Gasteiger partial charge in [0, 0.05) is 25.0 Å². The number of nitrogens with one attached hydrogen (secondary N) is 2. The summed E-state index contributed by atoms with van der Waals surface area (Å²) in [6.45, 7) is 2.78. The van der Waals surface area contributed by atoms with E-state index in [1.807, 2.05) is 6.92 Å². The van der Waals surface area contributed by atoms with Gasteiger partial charge in [-0.05, 0) is 19.8 Å². The average Bonchev–Trinajstić information content (AvgIpc) is 2.22. The Bertz CT molecular complexity index is 377. The molecule has 1 aromatic rings. The molecule has 0 saturated carbocycles. The van der Waals surface area contributed by atoms with Crippen molar-refractivity contribution in [3.8, 4) is 0 Å². The van der Waals surface area contributed by atoms with Gasteiger partial charge in [-0.3, -0.25) is 4.79 Å². The summed E-state index contributed by atoms with van der Waals surface area (Å²) in [5.74, 6) is 0.400. The van der Waals surface area contributed by atoms with Crippen LogP contribution in [0.5, 0.6) is 0 Å². The summed E-state index contributed by atoms with van der Waals surface area (Å²) in [6, 6.07) is 0.282. The van der Waals surface area contributed by atoms with E-state index in [0.717, 1.165) is 19.4 Å². The van der Waals surface area contributed by atoms with Gasteiger partial charge < -0.3 is 15.0 Å². The van der Waals surface area contributed by atoms with Crippen molar-refractivity contribution in [1.82, 2.24) is 9.97 Å². The van der Waals surface area contributed by atoms with E-state index in [1.54, 1.807) is 6.20 Å². The van der Waals surface area contributed by atoms with E-state index in [2.05, 4.69) is 15.3 Å². The highest BCUT2D eigenvalue weighted by Gasteiger charge is 2.19. The number of aromatic nitrogens is 2. The molecule has 1 aliphatic heterocycles. The third kappa shape index (κ3) is 2.56. The summed E-state index contributed by atoms with van der Waals surface area (Å²) in [5.41, 5.74) is -0.170. The second kappa shape index (κ2) is 4.44. The minimum Gasteiger partial charge on any atom is -0.378 e. The number of ether oxygens (including phenoxy) is 1. The van der Waals surface area contributed by atoms with E-state index in [4.69, 9.17) is 4.74 Å². The molecule has 5 heteroatoms. The van der Waals surface area contributed by atoms with Gasteiger partial charge in [0.25, 0.3) is 5.56 Å². The second-order valence-corrected chi connectivity index (χ2v) is 3.81. The lowest BCUT2D eigenvalue weighted by Gasteiger charge is -2.27. The molecule has 5 nitrogen and oxygen atoms in total. The van der Waals surface area contributed by atoms with Crippen LogP contribution in [0.2, 0.25) is 0 Å². The highest BCUT2D eigenvalue weighted by atomic mass is 16.5. The molecule has 2 heterocycles. The first kappa shape index (κ1) is 10.2. The molecule has 0 bridgehead atoms. The van der Waals surface area contributed by atoms with Crippen LogP contribution in [0.4, 0.5) is 5.82 Å². The lowest BCUT2D eigenvalue weighted by molar-refractivity contribution is 0.0231. The van der Waals surface area contributed by atoms with Crippen LogP contribution in [0.1, 0.15) is 19.8 Å². The normalized spacial score (nSPS) is 26.2. The molecule has 0 radical (unpaired) electrons. The van der Waals surface area contributed by atoms with Gasteiger partial charge in [-0.15, -0.1) is 0 Å². The van der Waals surface area contributed by atoms with Gasteiger partial charge >= 0.3 is 0 Å². The van der Waals surface area contributed by atoms with Crippen LogP contribution in [0.15, 0.2) is 17.2 Å². The fraction of sp³-hybridized carbons (Fsp3) is 0.600. The van der Waals surface area contributed by atoms with Crippen LogP contribution in [-0.4, -0.2) is 28.7 Å². The Morgan fingerprint density at radius 2 is 2.53 bits per heavy atom. The van der Waals surface area contributed by atoms with Gasteiger partial charge in [-0.2, -0.15) is 0 Å². The van der Waals surface area contributed by atoms with Crippen molar-refractivity contribution in [3.05, 3.63) is 22.7 Å². The number of rotatable bonds is 2. The molecule has 1 saturated heterocycles. The predicted octanol–water partition coefficient (Wildman–Crippen LogP) is 0.749. The number of H-pyrrole nitrogens is 1. The molecule has 2 unspecified atom stereocenters. The van der Waals surface area contributed by atoms with Gasteiger partial charge in [0.15, 0.2) is 5.82 Å². The van der Waals surface area contributed by atoms with Crippen molar-refractivity contribution in [2.75, 3.05) is 11.9 Å². The maximum atomic E-state index is 11.4. The van der Waals surface area contributed by atoms with Crippen molar-refractivity contribution < 1.29 is 4.74 Å². The van der Waals surface area contributed by atoms with Gasteiger partial charge in [0.05, 0.1) is 6.10 Å². The number of hydrogen-bond acceptors (Lipinski definition) is 4. The van der Waals surface area contributed by atoms with Crippen LogP contribution in [0.25, 0.3) is 0 Å². The van der Waals surface area contributed by atoms with E-state index in [1.165, 1.54) is 6.20 Å². The van der Waals surface area contributed by atoms with Gasteiger partial charge in [-0.25, -0.2) is 4.98 Å². The molecular weight excluding hydrogens is 194 g/mol. The molecular formula is C10H15N3O2. The van der Waals surface area contributed by atoms with Crippen molar-refractivity contribution in [1.29, 1.82) is 0 Å². The molecule has 0 aromatic carbocycles. The Morgan fingerprint density at radius 3 is 3.27 bits per heavy atom. The monoisotopic (exact) mass is 209 g/mol. The van der Waals surface area contributed by atoms with E-state index in [9.17, 15) is 4.79 Å². The smallest absolute Gasteiger partial charge is 0.290 e. The van der Waals surface area contributed by atoms with E-state index < -0.39 is 0 Å². The Kier molecular flexibility index (Phi) is 3.01. The van der Waals surface area contributed by atoms with Crippen LogP contribution in [-0.2, 0) is 4.74 Å². The predicted molar refractivity (Wildman–Crippen MR) is 56.9 cm³/mol. The summed E-state index contributed by atoms with van der Waals surface area (Å²) in [4.78, 5) is 18.0. The third-order valence-corrected chi connectivity index (χ3v) is 2.53. The summed E-state index contributed by atoms with van der Waals surface area (Å²) < 4.78 is 5.43. The number of aromatic amines is 1. The number of hydrogen-bond donors (Lipinski definition) is 2. The van der Waals surface area contributed by atoms with Gasteiger partial charge in [-0.1, -0.05) is 0 Å². The maximum Gasteiger partial charge on any atom is 0.290 e. The quantitative estimate of drug-likeness (QED) is 0.754. The van der Waals surface area contributed by atoms with Crippen LogP contribution in [0.3, 0.4) is 0 Å². The van der Waals surface area contributed by atoms with Gasteiger partial charge in [0.2, 0.25) is 0 Å². The molecule has 2 rings (SSSR count). The van der Waals surface area contributed by atoms with Gasteiger partial charge in [0.1, 0.15) is 0 Å². The summed E-state index contributed by atoms with van der Waals surface area (Å²) >= 11 is 0. The fourth-order valence-electron chi connectivity index (χ4n) is 1.78. The Labute approximate surface area is 87.9 Å². The van der Waals surface area contributed by atoms with Crippen molar-refractivity contribution in [2.24, 2.45) is 0 Å². The van der Waals surface area contributed by atoms with E-state index in [-0.39, 0.29) is 17.7 Å². The molecule has 0 aliphatic carbocycles. The van der Waals surface area contributed by atoms with Crippen molar-refractivity contribution in [3.63, 3.8) is 0 Å². The number of anilines is 1. The Hall–Kier alpha value is -1.36. The summed E-state index contributed by atoms with van der Waals surface area (Å²) in [6.07, 6.45) is 5.18. The topological polar surface area (TPSA) is 67.0 Å². The lowest BCUT2D eigenvalue weighted by atomic mass is 10.0. The molecule has 2 N–H and O–H groups in total. The molecule has 1 aliphatic rings. The lowest BCUT2D eigenvalue weighted by Crippen LogP contribution is -2.34. The maximum absolute atomic E-state index is 11.4. The first-order chi connectivity index (χ1) is 7.25. The largest absolute Gasteiger partial charge is 0.378 e. The van der Waals surface area contributed by atoms with Crippen LogP contribution >= 0.6 is 0 Å². The molecule has 2 atom stereocenters. The molecule has 15 heavy (non-hydrogen) atoms. The zero-order valence-corrected chi connectivity index (χ0v) is 8.69. The van der Waals surface area contributed by atoms with Crippen molar-refractivity contribution in [2.45, 2.75) is 31.9 Å². The van der Waals surface area contributed by atoms with Crippen LogP contribution < -0.4 is 10.9 Å². The Morgan fingerprint density at radius 1 is 1.67 bits per heavy atom. The number of nitrogens with zero attached hydrogens (tertiary/aromatic N) is 1. The Balaban J connectivity index is 2.02. The minimum atomic E-state index is -0.170. The first-order valence-corrected chi connectivity index (χ1v) is 5.17. The third-order valence-electron chi connectivity index (χ3n) is 2.53. The molecule has 1 fully saturated rings. The summed E-state index contributed by atoms with van der Waals surface area (Å²) in [5, 5.41) is 3.14. The minimum absolute atomic E-state index is 0.170. The summed E-state index contributed by atoms with van der Waals surface area (Å²) in [7, 11) is 0. The fourth-order valence-corrected chi connectivity index (χ4v) is 1.78. The first-order valence-electron chi connectivity index (χ1n) is 5.17. The SMILES string of the molecule is CC1CC(Nc2ncc[nH]c2=O)CCO1. The van der Waals surface area contributed by atoms with E-state index >= 15 is 0 Å². The average molecular weight is 209 g/mol. The molecule has 82 valence electrons. The highest BCUT2D eigenvalue weighted by molar-refractivity contribution is 5.31. The second-order valence-electron chi connectivity index (χ2n) is 3.81. The highest BCUT2D eigenvalue weighted by Crippen LogP contribution is 2.15. The molecule has 0 spiro atoms. The van der Waals surface area contributed by atoms with E-state index in [0.29, 0.717) is 5.82 Å². The molecule has 1 aromatic heterocycles. The zero-order chi connectivity index (χ0) is 10.7.